The van der Waals surface area contributed by atoms with Crippen LogP contribution in [0.15, 0.2) is 42.5 Å². The molecule has 1 amide bonds. The Morgan fingerprint density at radius 2 is 1.92 bits per heavy atom. The van der Waals surface area contributed by atoms with Gasteiger partial charge in [0.1, 0.15) is 0 Å². The lowest BCUT2D eigenvalue weighted by Crippen LogP contribution is -2.30. The van der Waals surface area contributed by atoms with Crippen LogP contribution in [0.1, 0.15) is 24.2 Å². The van der Waals surface area contributed by atoms with Gasteiger partial charge >= 0.3 is 0 Å². The number of nitrogens with one attached hydrogen (secondary N) is 1. The van der Waals surface area contributed by atoms with Gasteiger partial charge in [-0.2, -0.15) is 0 Å². The maximum Gasteiger partial charge on any atom is 0.253 e. The van der Waals surface area contributed by atoms with Crippen LogP contribution in [0.25, 0.3) is 0 Å². The molecule has 0 spiro atoms. The smallest absolute Gasteiger partial charge is 0.253 e. The van der Waals surface area contributed by atoms with Gasteiger partial charge in [0.15, 0.2) is 17.6 Å². The molecule has 0 fully saturated rings. The Morgan fingerprint density at radius 1 is 1.20 bits per heavy atom. The van der Waals surface area contributed by atoms with Crippen molar-refractivity contribution in [1.29, 1.82) is 0 Å². The minimum atomic E-state index is -1.22. The number of hydrogen-bond acceptors (Lipinski definition) is 4. The molecule has 0 saturated heterocycles. The molecule has 5 nitrogen and oxygen atoms in total. The van der Waals surface area contributed by atoms with Crippen molar-refractivity contribution < 1.29 is 19.4 Å². The number of carbonyl (C=O) groups excluding carboxylic acids is 1. The van der Waals surface area contributed by atoms with Gasteiger partial charge in [-0.3, -0.25) is 4.79 Å². The number of halogens is 1. The van der Waals surface area contributed by atoms with Gasteiger partial charge in [0.25, 0.3) is 5.91 Å². The highest BCUT2D eigenvalue weighted by atomic mass is 35.5. The van der Waals surface area contributed by atoms with Crippen molar-refractivity contribution in [3.05, 3.63) is 58.6 Å². The van der Waals surface area contributed by atoms with Crippen molar-refractivity contribution in [2.24, 2.45) is 0 Å². The summed E-state index contributed by atoms with van der Waals surface area (Å²) in [5.74, 6) is 0.906. The fourth-order valence-corrected chi connectivity index (χ4v) is 2.49. The summed E-state index contributed by atoms with van der Waals surface area (Å²) in [6.45, 7) is 2.88. The lowest BCUT2D eigenvalue weighted by Gasteiger charge is -2.13. The zero-order valence-corrected chi connectivity index (χ0v) is 15.0. The van der Waals surface area contributed by atoms with E-state index in [0.29, 0.717) is 41.7 Å². The molecule has 0 radical (unpaired) electrons. The quantitative estimate of drug-likeness (QED) is 0.756. The van der Waals surface area contributed by atoms with Crippen molar-refractivity contribution in [2.45, 2.75) is 19.4 Å². The Balaban J connectivity index is 1.89. The number of carbonyl (C=O) groups is 1. The van der Waals surface area contributed by atoms with Crippen molar-refractivity contribution in [1.82, 2.24) is 5.32 Å². The van der Waals surface area contributed by atoms with E-state index in [1.165, 1.54) is 0 Å². The number of benzene rings is 2. The van der Waals surface area contributed by atoms with E-state index < -0.39 is 12.0 Å². The highest BCUT2D eigenvalue weighted by Crippen LogP contribution is 2.28. The Bertz CT molecular complexity index is 703. The van der Waals surface area contributed by atoms with E-state index in [9.17, 15) is 9.90 Å². The van der Waals surface area contributed by atoms with E-state index in [1.54, 1.807) is 31.4 Å². The van der Waals surface area contributed by atoms with Gasteiger partial charge in [-0.1, -0.05) is 29.8 Å². The fourth-order valence-electron chi connectivity index (χ4n) is 2.37. The normalized spacial score (nSPS) is 11.7. The molecule has 1 unspecified atom stereocenters. The van der Waals surface area contributed by atoms with Gasteiger partial charge < -0.3 is 19.9 Å². The fraction of sp³-hybridized carbons (Fsp3) is 0.316. The molecule has 25 heavy (non-hydrogen) atoms. The second kappa shape index (κ2) is 9.30. The average Bonchev–Trinajstić information content (AvgIpc) is 2.63. The molecule has 0 aliphatic rings. The highest BCUT2D eigenvalue weighted by Gasteiger charge is 2.16. The van der Waals surface area contributed by atoms with Crippen LogP contribution in [0.5, 0.6) is 11.5 Å². The first-order valence-corrected chi connectivity index (χ1v) is 8.44. The molecule has 2 aromatic rings. The van der Waals surface area contributed by atoms with E-state index in [0.717, 1.165) is 5.56 Å². The summed E-state index contributed by atoms with van der Waals surface area (Å²) in [7, 11) is 1.59. The number of methoxy groups -OCH3 is 1. The minimum Gasteiger partial charge on any atom is -0.493 e. The third-order valence-corrected chi connectivity index (χ3v) is 3.93. The van der Waals surface area contributed by atoms with Crippen LogP contribution in [-0.4, -0.2) is 31.3 Å². The summed E-state index contributed by atoms with van der Waals surface area (Å²) in [6, 6.07) is 12.2. The van der Waals surface area contributed by atoms with Crippen LogP contribution in [0, 0.1) is 0 Å². The predicted octanol–water partition coefficient (Wildman–Crippen LogP) is 3.14. The Morgan fingerprint density at radius 3 is 2.56 bits per heavy atom. The zero-order chi connectivity index (χ0) is 18.2. The van der Waals surface area contributed by atoms with Crippen LogP contribution >= 0.6 is 11.6 Å². The van der Waals surface area contributed by atoms with Crippen molar-refractivity contribution >= 4 is 17.5 Å². The molecular formula is C19H22ClNO4. The number of aliphatic hydroxyl groups excluding tert-OH is 1. The standard InChI is InChI=1S/C19H22ClNO4/c1-3-25-16-9-4-13(12-17(16)24-2)10-11-21-19(23)18(22)14-5-7-15(20)8-6-14/h4-9,12,18,22H,3,10-11H2,1-2H3,(H,21,23). The van der Waals surface area contributed by atoms with E-state index in [4.69, 9.17) is 21.1 Å². The van der Waals surface area contributed by atoms with E-state index >= 15 is 0 Å². The van der Waals surface area contributed by atoms with Crippen LogP contribution in [0.2, 0.25) is 5.02 Å². The monoisotopic (exact) mass is 363 g/mol. The molecule has 0 aromatic heterocycles. The van der Waals surface area contributed by atoms with Crippen LogP contribution in [-0.2, 0) is 11.2 Å². The lowest BCUT2D eigenvalue weighted by atomic mass is 10.1. The maximum atomic E-state index is 12.0. The Hall–Kier alpha value is -2.24. The number of ether oxygens (including phenoxy) is 2. The first-order chi connectivity index (χ1) is 12.0. The summed E-state index contributed by atoms with van der Waals surface area (Å²) in [6.07, 6.45) is -0.603. The Labute approximate surface area is 152 Å². The summed E-state index contributed by atoms with van der Waals surface area (Å²) < 4.78 is 10.8. The highest BCUT2D eigenvalue weighted by molar-refractivity contribution is 6.30. The molecule has 0 heterocycles. The summed E-state index contributed by atoms with van der Waals surface area (Å²) in [5, 5.41) is 13.3. The molecule has 0 bridgehead atoms. The third kappa shape index (κ3) is 5.37. The number of aliphatic hydroxyl groups is 1. The molecule has 6 heteroatoms. The van der Waals surface area contributed by atoms with Crippen LogP contribution in [0.3, 0.4) is 0 Å². The lowest BCUT2D eigenvalue weighted by molar-refractivity contribution is -0.129. The second-order valence-corrected chi connectivity index (χ2v) is 5.85. The van der Waals surface area contributed by atoms with Crippen molar-refractivity contribution in [3.8, 4) is 11.5 Å². The largest absolute Gasteiger partial charge is 0.493 e. The van der Waals surface area contributed by atoms with Crippen LogP contribution in [0.4, 0.5) is 0 Å². The summed E-state index contributed by atoms with van der Waals surface area (Å²) in [5.41, 5.74) is 1.51. The van der Waals surface area contributed by atoms with Crippen molar-refractivity contribution in [3.63, 3.8) is 0 Å². The van der Waals surface area contributed by atoms with Crippen LogP contribution < -0.4 is 14.8 Å². The molecule has 134 valence electrons. The molecule has 0 aliphatic carbocycles. The van der Waals surface area contributed by atoms with E-state index in [-0.39, 0.29) is 0 Å². The molecule has 2 aromatic carbocycles. The van der Waals surface area contributed by atoms with Gasteiger partial charge in [-0.25, -0.2) is 0 Å². The van der Waals surface area contributed by atoms with E-state index in [1.807, 2.05) is 25.1 Å². The number of amides is 1. The van der Waals surface area contributed by atoms with E-state index in [2.05, 4.69) is 5.32 Å². The first kappa shape index (κ1) is 19.1. The SMILES string of the molecule is CCOc1ccc(CCNC(=O)C(O)c2ccc(Cl)cc2)cc1OC. The molecule has 0 aliphatic heterocycles. The van der Waals surface area contributed by atoms with Gasteiger partial charge in [-0.05, 0) is 48.7 Å². The van der Waals surface area contributed by atoms with Crippen molar-refractivity contribution in [2.75, 3.05) is 20.3 Å². The maximum absolute atomic E-state index is 12.0. The molecule has 1 atom stereocenters. The molecule has 0 saturated carbocycles. The van der Waals surface area contributed by atoms with Gasteiger partial charge in [-0.15, -0.1) is 0 Å². The first-order valence-electron chi connectivity index (χ1n) is 8.06. The summed E-state index contributed by atoms with van der Waals surface area (Å²) in [4.78, 5) is 12.0. The zero-order valence-electron chi connectivity index (χ0n) is 14.3. The van der Waals surface area contributed by atoms with Gasteiger partial charge in [0.05, 0.1) is 13.7 Å². The average molecular weight is 364 g/mol. The third-order valence-electron chi connectivity index (χ3n) is 3.67. The minimum absolute atomic E-state index is 0.403. The van der Waals surface area contributed by atoms with Gasteiger partial charge in [0, 0.05) is 11.6 Å². The Kier molecular flexibility index (Phi) is 7.10. The molecule has 2 rings (SSSR count). The van der Waals surface area contributed by atoms with Gasteiger partial charge in [0.2, 0.25) is 0 Å². The number of hydrogen-bond donors (Lipinski definition) is 2. The second-order valence-electron chi connectivity index (χ2n) is 5.41. The molecular weight excluding hydrogens is 342 g/mol. The predicted molar refractivity (Wildman–Crippen MR) is 97.3 cm³/mol. The number of rotatable bonds is 8. The molecule has 2 N–H and O–H groups in total. The summed E-state index contributed by atoms with van der Waals surface area (Å²) >= 11 is 5.80. The topological polar surface area (TPSA) is 67.8 Å².